The summed E-state index contributed by atoms with van der Waals surface area (Å²) in [6.07, 6.45) is 5.46. The normalized spacial score (nSPS) is 14.3. The van der Waals surface area contributed by atoms with Crippen LogP contribution in [0, 0.1) is 6.92 Å². The highest BCUT2D eigenvalue weighted by molar-refractivity contribution is 5.91. The Kier molecular flexibility index (Phi) is 5.75. The third-order valence-corrected chi connectivity index (χ3v) is 5.57. The van der Waals surface area contributed by atoms with Gasteiger partial charge in [-0.15, -0.1) is 0 Å². The monoisotopic (exact) mass is 418 g/mol. The van der Waals surface area contributed by atoms with Crippen molar-refractivity contribution >= 4 is 34.7 Å². The number of fused-ring (bicyclic) bond motifs is 2. The van der Waals surface area contributed by atoms with Crippen LogP contribution < -0.4 is 5.32 Å². The molecule has 7 nitrogen and oxygen atoms in total. The molecular formula is C24H26N4O3. The molecule has 0 spiro atoms. The highest BCUT2D eigenvalue weighted by Gasteiger charge is 2.17. The maximum atomic E-state index is 12.6. The van der Waals surface area contributed by atoms with Crippen LogP contribution in [0.1, 0.15) is 28.9 Å². The summed E-state index contributed by atoms with van der Waals surface area (Å²) in [7, 11) is 3.54. The number of carbonyl (C=O) groups is 2. The number of para-hydroxylation sites is 1. The molecule has 4 rings (SSSR count). The van der Waals surface area contributed by atoms with Gasteiger partial charge in [0.2, 0.25) is 11.8 Å². The number of carbonyl (C=O) groups excluding carboxylic acids is 2. The zero-order valence-corrected chi connectivity index (χ0v) is 18.0. The fourth-order valence-corrected chi connectivity index (χ4v) is 3.69. The van der Waals surface area contributed by atoms with Crippen LogP contribution in [0.2, 0.25) is 0 Å². The molecule has 1 aliphatic rings. The lowest BCUT2D eigenvalue weighted by molar-refractivity contribution is -0.130. The number of aromatic nitrogens is 1. The summed E-state index contributed by atoms with van der Waals surface area (Å²) >= 11 is 0. The number of furan rings is 1. The first kappa shape index (κ1) is 20.7. The molecule has 0 fully saturated rings. The summed E-state index contributed by atoms with van der Waals surface area (Å²) < 4.78 is 5.92. The fraction of sp³-hybridized carbons (Fsp3) is 0.292. The Labute approximate surface area is 181 Å². The molecule has 0 aliphatic carbocycles. The van der Waals surface area contributed by atoms with Gasteiger partial charge in [0.25, 0.3) is 0 Å². The minimum atomic E-state index is -0.128. The zero-order chi connectivity index (χ0) is 22.0. The van der Waals surface area contributed by atoms with Crippen LogP contribution in [0.5, 0.6) is 0 Å². The number of aryl methyl sites for hydroxylation is 1. The van der Waals surface area contributed by atoms with E-state index in [1.165, 1.54) is 6.08 Å². The molecule has 2 aromatic heterocycles. The Balaban J connectivity index is 1.46. The summed E-state index contributed by atoms with van der Waals surface area (Å²) in [5, 5.41) is 4.27. The highest BCUT2D eigenvalue weighted by atomic mass is 16.3. The number of nitrogens with zero attached hydrogens (tertiary/aromatic N) is 3. The van der Waals surface area contributed by atoms with Crippen molar-refractivity contribution in [1.82, 2.24) is 14.8 Å². The fourth-order valence-electron chi connectivity index (χ4n) is 3.69. The lowest BCUT2D eigenvalue weighted by atomic mass is 10.1. The molecule has 0 radical (unpaired) electrons. The van der Waals surface area contributed by atoms with E-state index in [0.29, 0.717) is 26.1 Å². The average molecular weight is 418 g/mol. The largest absolute Gasteiger partial charge is 0.459 e. The van der Waals surface area contributed by atoms with Crippen molar-refractivity contribution < 1.29 is 14.0 Å². The van der Waals surface area contributed by atoms with Crippen LogP contribution in [0.25, 0.3) is 17.0 Å². The minimum Gasteiger partial charge on any atom is -0.459 e. The first-order valence-electron chi connectivity index (χ1n) is 10.3. The Morgan fingerprint density at radius 2 is 2.16 bits per heavy atom. The number of hydrogen-bond donors (Lipinski definition) is 1. The molecule has 3 aromatic rings. The summed E-state index contributed by atoms with van der Waals surface area (Å²) in [4.78, 5) is 32.4. The topological polar surface area (TPSA) is 78.7 Å². The van der Waals surface area contributed by atoms with Crippen molar-refractivity contribution in [2.75, 3.05) is 26.0 Å². The molecule has 0 atom stereocenters. The quantitative estimate of drug-likeness (QED) is 0.655. The van der Waals surface area contributed by atoms with Crippen LogP contribution in [-0.2, 0) is 22.7 Å². The van der Waals surface area contributed by atoms with Gasteiger partial charge in [-0.2, -0.15) is 0 Å². The molecule has 1 aliphatic heterocycles. The van der Waals surface area contributed by atoms with Gasteiger partial charge < -0.3 is 19.5 Å². The molecule has 0 saturated carbocycles. The number of hydrogen-bond acceptors (Lipinski definition) is 5. The van der Waals surface area contributed by atoms with Gasteiger partial charge in [0, 0.05) is 62.4 Å². The molecule has 0 bridgehead atoms. The second kappa shape index (κ2) is 8.63. The third kappa shape index (κ3) is 4.45. The van der Waals surface area contributed by atoms with Crippen LogP contribution in [-0.4, -0.2) is 47.2 Å². The summed E-state index contributed by atoms with van der Waals surface area (Å²) in [6.45, 7) is 3.44. The van der Waals surface area contributed by atoms with E-state index in [1.54, 1.807) is 36.2 Å². The summed E-state index contributed by atoms with van der Waals surface area (Å²) in [6, 6.07) is 9.82. The van der Waals surface area contributed by atoms with Gasteiger partial charge >= 0.3 is 0 Å². The van der Waals surface area contributed by atoms with Crippen molar-refractivity contribution in [2.24, 2.45) is 0 Å². The molecule has 7 heteroatoms. The number of anilines is 1. The van der Waals surface area contributed by atoms with Crippen LogP contribution in [0.3, 0.4) is 0 Å². The van der Waals surface area contributed by atoms with Crippen molar-refractivity contribution in [1.29, 1.82) is 0 Å². The second-order valence-corrected chi connectivity index (χ2v) is 7.88. The van der Waals surface area contributed by atoms with Crippen molar-refractivity contribution in [2.45, 2.75) is 26.4 Å². The molecule has 1 aromatic carbocycles. The van der Waals surface area contributed by atoms with Gasteiger partial charge in [-0.25, -0.2) is 4.98 Å². The number of benzene rings is 1. The number of pyridine rings is 1. The predicted molar refractivity (Wildman–Crippen MR) is 120 cm³/mol. The first-order chi connectivity index (χ1) is 14.9. The van der Waals surface area contributed by atoms with E-state index in [-0.39, 0.29) is 11.8 Å². The van der Waals surface area contributed by atoms with Gasteiger partial charge in [-0.3, -0.25) is 9.59 Å². The molecule has 31 heavy (non-hydrogen) atoms. The predicted octanol–water partition coefficient (Wildman–Crippen LogP) is 3.58. The van der Waals surface area contributed by atoms with Crippen molar-refractivity contribution in [3.8, 4) is 0 Å². The van der Waals surface area contributed by atoms with Gasteiger partial charge in [0.1, 0.15) is 17.2 Å². The third-order valence-electron chi connectivity index (χ3n) is 5.57. The number of likely N-dealkylation sites (N-methyl/N-ethyl adjacent to an activating group) is 1. The lowest BCUT2D eigenvalue weighted by Gasteiger charge is -2.23. The molecule has 0 saturated heterocycles. The lowest BCUT2D eigenvalue weighted by Crippen LogP contribution is -2.30. The van der Waals surface area contributed by atoms with E-state index >= 15 is 0 Å². The Hall–Kier alpha value is -3.61. The standard InChI is InChI=1S/C24H26N4O3/c1-16-19-6-4-5-7-20(19)31-21(16)15-28(3)22(29)9-8-17-12-18-14-27(2)23(30)10-11-25-24(18)26-13-17/h4-9,12-13H,10-11,14-15H2,1-3H3,(H,25,26). The maximum absolute atomic E-state index is 12.6. The molecular weight excluding hydrogens is 392 g/mol. The van der Waals surface area contributed by atoms with Crippen molar-refractivity contribution in [3.63, 3.8) is 0 Å². The van der Waals surface area contributed by atoms with Crippen LogP contribution in [0.15, 0.2) is 47.0 Å². The van der Waals surface area contributed by atoms with Crippen molar-refractivity contribution in [3.05, 3.63) is 65.1 Å². The zero-order valence-electron chi connectivity index (χ0n) is 18.0. The summed E-state index contributed by atoms with van der Waals surface area (Å²) in [5.41, 5.74) is 3.62. The van der Waals surface area contributed by atoms with E-state index in [0.717, 1.165) is 39.2 Å². The first-order valence-corrected chi connectivity index (χ1v) is 10.3. The minimum absolute atomic E-state index is 0.0942. The second-order valence-electron chi connectivity index (χ2n) is 7.88. The van der Waals surface area contributed by atoms with E-state index in [2.05, 4.69) is 10.3 Å². The van der Waals surface area contributed by atoms with E-state index in [1.807, 2.05) is 37.3 Å². The van der Waals surface area contributed by atoms with Gasteiger partial charge in [0.05, 0.1) is 6.54 Å². The van der Waals surface area contributed by atoms with E-state index < -0.39 is 0 Å². The smallest absolute Gasteiger partial charge is 0.246 e. The van der Waals surface area contributed by atoms with Gasteiger partial charge in [-0.05, 0) is 30.7 Å². The highest BCUT2D eigenvalue weighted by Crippen LogP contribution is 2.26. The molecule has 160 valence electrons. The van der Waals surface area contributed by atoms with Gasteiger partial charge in [-0.1, -0.05) is 18.2 Å². The SMILES string of the molecule is Cc1c(CN(C)C(=O)C=Cc2cnc3c(c2)CN(C)C(=O)CCN3)oc2ccccc12. The number of amides is 2. The molecule has 1 N–H and O–H groups in total. The van der Waals surface area contributed by atoms with E-state index in [4.69, 9.17) is 4.42 Å². The summed E-state index contributed by atoms with van der Waals surface area (Å²) in [5.74, 6) is 1.53. The maximum Gasteiger partial charge on any atom is 0.246 e. The average Bonchev–Trinajstić information content (AvgIpc) is 3.07. The Morgan fingerprint density at radius 1 is 1.35 bits per heavy atom. The van der Waals surface area contributed by atoms with Crippen LogP contribution in [0.4, 0.5) is 5.82 Å². The van der Waals surface area contributed by atoms with Gasteiger partial charge in [0.15, 0.2) is 0 Å². The molecule has 0 unspecified atom stereocenters. The molecule has 2 amide bonds. The van der Waals surface area contributed by atoms with E-state index in [9.17, 15) is 9.59 Å². The van der Waals surface area contributed by atoms with Crippen LogP contribution >= 0.6 is 0 Å². The molecule has 3 heterocycles. The number of nitrogens with one attached hydrogen (secondary N) is 1. The number of rotatable bonds is 4. The Morgan fingerprint density at radius 3 is 2.97 bits per heavy atom. The Bertz CT molecular complexity index is 1160.